The van der Waals surface area contributed by atoms with Gasteiger partial charge in [0.05, 0.1) is 16.5 Å². The first kappa shape index (κ1) is 15.5. The fourth-order valence-electron chi connectivity index (χ4n) is 1.69. The average Bonchev–Trinajstić information content (AvgIpc) is 2.91. The molecule has 0 spiro atoms. The van der Waals surface area contributed by atoms with Gasteiger partial charge in [0.2, 0.25) is 10.0 Å². The number of benzene rings is 1. The lowest BCUT2D eigenvalue weighted by molar-refractivity contribution is -0.137. The second-order valence-electron chi connectivity index (χ2n) is 4.34. The minimum absolute atomic E-state index is 0.242. The van der Waals surface area contributed by atoms with E-state index >= 15 is 0 Å². The zero-order chi connectivity index (χ0) is 15.7. The molecule has 0 radical (unpaired) electrons. The molecule has 0 aliphatic rings. The number of sulfonamides is 1. The number of aromatic nitrogens is 2. The van der Waals surface area contributed by atoms with Crippen molar-refractivity contribution in [1.29, 1.82) is 0 Å². The Hall–Kier alpha value is -1.87. The van der Waals surface area contributed by atoms with E-state index in [0.717, 1.165) is 24.3 Å². The average molecular weight is 319 g/mol. The zero-order valence-corrected chi connectivity index (χ0v) is 11.7. The minimum Gasteiger partial charge on any atom is -0.347 e. The Balaban J connectivity index is 2.20. The second kappa shape index (κ2) is 5.49. The third kappa shape index (κ3) is 3.61. The molecule has 0 bridgehead atoms. The van der Waals surface area contributed by atoms with Crippen LogP contribution in [0.1, 0.15) is 24.4 Å². The number of aromatic amines is 1. The van der Waals surface area contributed by atoms with Crippen LogP contribution in [0.2, 0.25) is 0 Å². The standard InChI is InChI=1S/C12H12F3N3O2S/c1-8(11-16-6-7-17-11)18-21(19,20)10-4-2-9(3-5-10)12(13,14)15/h2-8,18H,1H3,(H,16,17). The van der Waals surface area contributed by atoms with Crippen LogP contribution < -0.4 is 4.72 Å². The van der Waals surface area contributed by atoms with E-state index in [-0.39, 0.29) is 4.90 Å². The molecule has 1 unspecified atom stereocenters. The molecule has 0 aliphatic heterocycles. The molecule has 0 amide bonds. The van der Waals surface area contributed by atoms with Crippen LogP contribution in [-0.2, 0) is 16.2 Å². The highest BCUT2D eigenvalue weighted by atomic mass is 32.2. The Kier molecular flexibility index (Phi) is 4.06. The van der Waals surface area contributed by atoms with Crippen LogP contribution in [-0.4, -0.2) is 18.4 Å². The van der Waals surface area contributed by atoms with Crippen molar-refractivity contribution in [3.8, 4) is 0 Å². The summed E-state index contributed by atoms with van der Waals surface area (Å²) in [5, 5.41) is 0. The van der Waals surface area contributed by atoms with Gasteiger partial charge in [0.15, 0.2) is 0 Å². The van der Waals surface area contributed by atoms with Gasteiger partial charge in [-0.25, -0.2) is 18.1 Å². The molecular weight excluding hydrogens is 307 g/mol. The number of rotatable bonds is 4. The van der Waals surface area contributed by atoms with Gasteiger partial charge in [-0.3, -0.25) is 0 Å². The third-order valence-corrected chi connectivity index (χ3v) is 4.31. The molecule has 0 aliphatic carbocycles. The fraction of sp³-hybridized carbons (Fsp3) is 0.250. The Morgan fingerprint density at radius 1 is 1.24 bits per heavy atom. The highest BCUT2D eigenvalue weighted by molar-refractivity contribution is 7.89. The summed E-state index contributed by atoms with van der Waals surface area (Å²) in [4.78, 5) is 6.42. The van der Waals surface area contributed by atoms with E-state index in [9.17, 15) is 21.6 Å². The van der Waals surface area contributed by atoms with Crippen molar-refractivity contribution in [2.75, 3.05) is 0 Å². The summed E-state index contributed by atoms with van der Waals surface area (Å²) in [6.07, 6.45) is -1.49. The number of hydrogen-bond donors (Lipinski definition) is 2. The first-order valence-electron chi connectivity index (χ1n) is 5.89. The molecule has 1 atom stereocenters. The van der Waals surface area contributed by atoms with Crippen molar-refractivity contribution in [1.82, 2.24) is 14.7 Å². The number of nitrogens with zero attached hydrogens (tertiary/aromatic N) is 1. The van der Waals surface area contributed by atoms with Gasteiger partial charge in [-0.2, -0.15) is 13.2 Å². The second-order valence-corrected chi connectivity index (χ2v) is 6.05. The molecule has 0 fully saturated rings. The minimum atomic E-state index is -4.50. The van der Waals surface area contributed by atoms with Crippen molar-refractivity contribution in [2.24, 2.45) is 0 Å². The van der Waals surface area contributed by atoms with Crippen LogP contribution in [0.3, 0.4) is 0 Å². The van der Waals surface area contributed by atoms with Gasteiger partial charge in [-0.15, -0.1) is 0 Å². The maximum Gasteiger partial charge on any atom is 0.416 e. The topological polar surface area (TPSA) is 74.8 Å². The predicted molar refractivity (Wildman–Crippen MR) is 68.8 cm³/mol. The Labute approximate surface area is 119 Å². The largest absolute Gasteiger partial charge is 0.416 e. The summed E-state index contributed by atoms with van der Waals surface area (Å²) in [7, 11) is -3.93. The van der Waals surface area contributed by atoms with Crippen molar-refractivity contribution in [3.63, 3.8) is 0 Å². The lowest BCUT2D eigenvalue weighted by atomic mass is 10.2. The fourth-order valence-corrected chi connectivity index (χ4v) is 2.90. The molecule has 9 heteroatoms. The summed E-state index contributed by atoms with van der Waals surface area (Å²) in [6, 6.07) is 2.66. The van der Waals surface area contributed by atoms with Gasteiger partial charge in [0, 0.05) is 12.4 Å². The van der Waals surface area contributed by atoms with Crippen molar-refractivity contribution in [3.05, 3.63) is 48.0 Å². The van der Waals surface area contributed by atoms with Crippen LogP contribution in [0.5, 0.6) is 0 Å². The SMILES string of the molecule is CC(NS(=O)(=O)c1ccc(C(F)(F)F)cc1)c1ncc[nH]1. The number of H-pyrrole nitrogens is 1. The summed E-state index contributed by atoms with van der Waals surface area (Å²) in [5.74, 6) is 0.408. The van der Waals surface area contributed by atoms with Crippen molar-refractivity contribution in [2.45, 2.75) is 24.0 Å². The van der Waals surface area contributed by atoms with E-state index in [4.69, 9.17) is 0 Å². The van der Waals surface area contributed by atoms with E-state index in [1.807, 2.05) is 0 Å². The third-order valence-electron chi connectivity index (χ3n) is 2.75. The molecule has 114 valence electrons. The Morgan fingerprint density at radius 3 is 2.33 bits per heavy atom. The van der Waals surface area contributed by atoms with Crippen LogP contribution in [0.25, 0.3) is 0 Å². The van der Waals surface area contributed by atoms with E-state index in [2.05, 4.69) is 14.7 Å². The zero-order valence-electron chi connectivity index (χ0n) is 10.8. The lowest BCUT2D eigenvalue weighted by Gasteiger charge is -2.13. The quantitative estimate of drug-likeness (QED) is 0.909. The predicted octanol–water partition coefficient (Wildman–Crippen LogP) is 2.47. The number of nitrogens with one attached hydrogen (secondary N) is 2. The van der Waals surface area contributed by atoms with Gasteiger partial charge < -0.3 is 4.98 Å². The number of alkyl halides is 3. The molecule has 1 aromatic heterocycles. The van der Waals surface area contributed by atoms with Gasteiger partial charge in [-0.1, -0.05) is 0 Å². The van der Waals surface area contributed by atoms with Gasteiger partial charge in [0.25, 0.3) is 0 Å². The van der Waals surface area contributed by atoms with Crippen LogP contribution in [0, 0.1) is 0 Å². The molecule has 2 rings (SSSR count). The van der Waals surface area contributed by atoms with E-state index in [0.29, 0.717) is 5.82 Å². The Bertz CT molecular complexity index is 694. The molecule has 1 aromatic carbocycles. The molecule has 1 heterocycles. The van der Waals surface area contributed by atoms with Gasteiger partial charge in [-0.05, 0) is 31.2 Å². The van der Waals surface area contributed by atoms with Gasteiger partial charge in [0.1, 0.15) is 5.82 Å². The van der Waals surface area contributed by atoms with E-state index in [1.54, 1.807) is 6.92 Å². The van der Waals surface area contributed by atoms with Gasteiger partial charge >= 0.3 is 6.18 Å². The van der Waals surface area contributed by atoms with Crippen LogP contribution >= 0.6 is 0 Å². The maximum absolute atomic E-state index is 12.4. The lowest BCUT2D eigenvalue weighted by Crippen LogP contribution is -2.27. The normalized spacial score (nSPS) is 14.1. The van der Waals surface area contributed by atoms with E-state index < -0.39 is 27.8 Å². The summed E-state index contributed by atoms with van der Waals surface area (Å²) >= 11 is 0. The summed E-state index contributed by atoms with van der Waals surface area (Å²) < 4.78 is 63.8. The summed E-state index contributed by atoms with van der Waals surface area (Å²) in [6.45, 7) is 1.57. The van der Waals surface area contributed by atoms with Crippen molar-refractivity contribution >= 4 is 10.0 Å². The smallest absolute Gasteiger partial charge is 0.347 e. The first-order chi connectivity index (χ1) is 9.70. The molecule has 2 N–H and O–H groups in total. The Morgan fingerprint density at radius 2 is 1.86 bits per heavy atom. The highest BCUT2D eigenvalue weighted by Crippen LogP contribution is 2.29. The molecule has 21 heavy (non-hydrogen) atoms. The van der Waals surface area contributed by atoms with Crippen molar-refractivity contribution < 1.29 is 21.6 Å². The van der Waals surface area contributed by atoms with Crippen LogP contribution in [0.15, 0.2) is 41.6 Å². The molecule has 0 saturated heterocycles. The molecule has 5 nitrogen and oxygen atoms in total. The molecular formula is C12H12F3N3O2S. The summed E-state index contributed by atoms with van der Waals surface area (Å²) in [5.41, 5.74) is -0.902. The highest BCUT2D eigenvalue weighted by Gasteiger charge is 2.30. The number of hydrogen-bond acceptors (Lipinski definition) is 3. The number of halogens is 3. The monoisotopic (exact) mass is 319 g/mol. The molecule has 0 saturated carbocycles. The van der Waals surface area contributed by atoms with Crippen LogP contribution in [0.4, 0.5) is 13.2 Å². The van der Waals surface area contributed by atoms with E-state index in [1.165, 1.54) is 12.4 Å². The number of imidazole rings is 1. The molecule has 2 aromatic rings. The maximum atomic E-state index is 12.4. The first-order valence-corrected chi connectivity index (χ1v) is 7.37.